The fourth-order valence-electron chi connectivity index (χ4n) is 8.51. The highest BCUT2D eigenvalue weighted by Gasteiger charge is 2.30. The fraction of sp³-hybridized carbons (Fsp3) is 0.662. The number of methoxy groups -OCH3 is 9. The van der Waals surface area contributed by atoms with Crippen LogP contribution < -0.4 is 31.9 Å². The minimum absolute atomic E-state index is 0.00273. The highest BCUT2D eigenvalue weighted by molar-refractivity contribution is 5.96. The first kappa shape index (κ1) is 99.4. The van der Waals surface area contributed by atoms with Crippen molar-refractivity contribution in [3.63, 3.8) is 0 Å². The van der Waals surface area contributed by atoms with Crippen molar-refractivity contribution in [3.05, 3.63) is 102 Å². The topological polar surface area (TPSA) is 495 Å². The summed E-state index contributed by atoms with van der Waals surface area (Å²) < 4.78 is 100. The van der Waals surface area contributed by atoms with E-state index in [-0.39, 0.29) is 152 Å². The number of nitrogens with one attached hydrogen (secondary N) is 6. The lowest BCUT2D eigenvalue weighted by Gasteiger charge is -2.22. The monoisotopic (exact) mass is 1570 g/mol. The summed E-state index contributed by atoms with van der Waals surface area (Å²) in [5.41, 5.74) is 1.60. The highest BCUT2D eigenvalue weighted by atomic mass is 19.1. The zero-order valence-corrected chi connectivity index (χ0v) is 67.4. The van der Waals surface area contributed by atoms with Crippen LogP contribution in [0.1, 0.15) is 240 Å². The van der Waals surface area contributed by atoms with Crippen LogP contribution in [0.5, 0.6) is 0 Å². The van der Waals surface area contributed by atoms with Gasteiger partial charge in [-0.25, -0.2) is 8.78 Å². The largest absolute Gasteiger partial charge is 0.391 e. The van der Waals surface area contributed by atoms with Crippen LogP contribution in [0.2, 0.25) is 0 Å². The molecule has 0 bridgehead atoms. The Labute approximate surface area is 639 Å². The number of aliphatic hydroxyl groups is 4. The van der Waals surface area contributed by atoms with Crippen molar-refractivity contribution in [2.45, 2.75) is 205 Å². The molecule has 6 aromatic rings. The van der Waals surface area contributed by atoms with Crippen molar-refractivity contribution >= 4 is 35.4 Å². The van der Waals surface area contributed by atoms with Crippen molar-refractivity contribution < 1.29 is 128 Å². The van der Waals surface area contributed by atoms with Crippen LogP contribution in [0, 0.1) is 17.8 Å². The average molecular weight is 1580 g/mol. The van der Waals surface area contributed by atoms with E-state index in [9.17, 15) is 58.0 Å². The number of carbonyl (C=O) groups excluding carboxylic acids is 6. The maximum absolute atomic E-state index is 12.9. The fourth-order valence-corrected chi connectivity index (χ4v) is 8.51. The smallest absolute Gasteiger partial charge is 0.274 e. The van der Waals surface area contributed by atoms with Gasteiger partial charge in [-0.2, -0.15) is 0 Å². The molecule has 0 aliphatic rings. The number of alkyl halides is 2. The van der Waals surface area contributed by atoms with Gasteiger partial charge in [0.15, 0.2) is 68.7 Å². The highest BCUT2D eigenvalue weighted by Crippen LogP contribution is 2.26. The second kappa shape index (κ2) is 52.6. The third-order valence-electron chi connectivity index (χ3n) is 16.0. The van der Waals surface area contributed by atoms with Crippen molar-refractivity contribution in [2.24, 2.45) is 17.8 Å². The number of nitrogens with zero attached hydrogens (tertiary/aromatic N) is 6. The van der Waals surface area contributed by atoms with E-state index in [2.05, 4.69) is 62.8 Å². The maximum Gasteiger partial charge on any atom is 0.274 e. The summed E-state index contributed by atoms with van der Waals surface area (Å²) in [6, 6.07) is -0.00976. The third-order valence-corrected chi connectivity index (χ3v) is 16.0. The summed E-state index contributed by atoms with van der Waals surface area (Å²) in [5.74, 6) is 0.447. The molecule has 6 amide bonds. The number of hydrogen-bond acceptors (Lipinski definition) is 31. The van der Waals surface area contributed by atoms with Gasteiger partial charge in [-0.3, -0.25) is 28.8 Å². The Bertz CT molecular complexity index is 3560. The number of ether oxygens (including phenoxy) is 9. The molecule has 110 heavy (non-hydrogen) atoms. The maximum atomic E-state index is 12.9. The quantitative estimate of drug-likeness (QED) is 0.0195. The zero-order chi connectivity index (χ0) is 83.5. The predicted octanol–water partition coefficient (Wildman–Crippen LogP) is 6.57. The number of aliphatic hydroxyl groups excluding tert-OH is 4. The summed E-state index contributed by atoms with van der Waals surface area (Å²) in [7, 11) is 13.6. The van der Waals surface area contributed by atoms with Gasteiger partial charge >= 0.3 is 0 Å². The van der Waals surface area contributed by atoms with Gasteiger partial charge in [0, 0.05) is 102 Å². The van der Waals surface area contributed by atoms with E-state index in [0.29, 0.717) is 83.3 Å². The molecule has 0 aliphatic heterocycles. The molecule has 37 nitrogen and oxygen atoms in total. The molecule has 0 radical (unpaired) electrons. The van der Waals surface area contributed by atoms with Crippen molar-refractivity contribution in [1.29, 1.82) is 0 Å². The van der Waals surface area contributed by atoms with Crippen LogP contribution in [-0.2, 0) is 109 Å². The van der Waals surface area contributed by atoms with Gasteiger partial charge < -0.3 is 122 Å². The molecule has 624 valence electrons. The first-order valence-electron chi connectivity index (χ1n) is 34.9. The van der Waals surface area contributed by atoms with Gasteiger partial charge in [0.2, 0.25) is 0 Å². The molecule has 6 unspecified atom stereocenters. The number of rotatable bonds is 39. The number of aromatic nitrogens is 6. The van der Waals surface area contributed by atoms with E-state index in [4.69, 9.17) is 69.8 Å². The minimum atomic E-state index is -0.841. The van der Waals surface area contributed by atoms with E-state index in [1.807, 2.05) is 76.2 Å². The molecule has 6 heterocycles. The normalized spacial score (nSPS) is 12.8. The Balaban J connectivity index is 0.000000660. The average Bonchev–Trinajstić information content (AvgIpc) is 1.70. The van der Waals surface area contributed by atoms with E-state index < -0.39 is 54.8 Å². The minimum Gasteiger partial charge on any atom is -0.391 e. The van der Waals surface area contributed by atoms with Crippen LogP contribution in [-0.4, -0.2) is 207 Å². The third kappa shape index (κ3) is 32.8. The van der Waals surface area contributed by atoms with Gasteiger partial charge in [0.1, 0.15) is 53.0 Å². The molecule has 6 rings (SSSR count). The zero-order valence-electron chi connectivity index (χ0n) is 67.4. The standard InChI is InChI=1S/C13H22N2O4.C12H19FN2O3.C12H20N2O5.C12H20N2O4.C11H17FN2O4.C11H18N2O5/c1-7(2)8(3)14-13(17)12-11(9(4)16)10(6-18-5)19-15-12;1-7(2)8(3)14-12(16)11-9(5-13)10(6-17-4)18-15-11;1-12(2,18-4)7-13-11(16)10-8(5-15)9(6-17-3)19-14-10;1-7(2)5-13-12(16)11-10(8(3)15)9(6-17-4)18-14-11;1-7(17-3)5-13-11(15)10-8(4-12)9(6-16-2)18-14-10;1-7(17-3)4-12-11(15)10-8(5-14)9(6-16-2)18-13-10/h7-9,16H,6H2,1-5H3,(H,14,17);7-8H,5-6H2,1-4H3,(H,14,16);15H,5-7H2,1-4H3,(H,13,16);7-8,15H,5-6H2,1-4H3,(H,13,16);7H,4-6H2,1-3H3,(H,13,15);7,14H,4-6H2,1-3H3,(H,12,15). The van der Waals surface area contributed by atoms with Gasteiger partial charge in [-0.1, -0.05) is 72.5 Å². The molecule has 0 fully saturated rings. The van der Waals surface area contributed by atoms with Crippen LogP contribution >= 0.6 is 0 Å². The molecule has 0 saturated carbocycles. The number of carbonyl (C=O) groups is 6. The van der Waals surface area contributed by atoms with Gasteiger partial charge in [-0.05, 0) is 73.1 Å². The van der Waals surface area contributed by atoms with Crippen molar-refractivity contribution in [2.75, 3.05) is 90.2 Å². The molecule has 39 heteroatoms. The lowest BCUT2D eigenvalue weighted by molar-refractivity contribution is 0.0227. The lowest BCUT2D eigenvalue weighted by atomic mass is 10.0. The van der Waals surface area contributed by atoms with E-state index in [1.165, 1.54) is 49.8 Å². The molecule has 0 saturated heterocycles. The van der Waals surface area contributed by atoms with Crippen LogP contribution in [0.4, 0.5) is 8.78 Å². The SMILES string of the molecule is COCc1onc(C(=O)NC(C)C(C)C)c1C(C)O.COCc1onc(C(=O)NC(C)C(C)C)c1CF.COCc1onc(C(=O)NCC(C)(C)OC)c1CO.COCc1onc(C(=O)NCC(C)C)c1C(C)O.COCc1onc(C(=O)NCC(C)OC)c1CF.COCc1onc(C(=O)NCC(C)OC)c1CO. The Kier molecular flexibility index (Phi) is 47.5. The van der Waals surface area contributed by atoms with Gasteiger partial charge in [-0.15, -0.1) is 0 Å². The van der Waals surface area contributed by atoms with E-state index in [0.717, 1.165) is 0 Å². The molecule has 0 aliphatic carbocycles. The first-order chi connectivity index (χ1) is 52.1. The Hall–Kier alpha value is -8.58. The first-order valence-corrected chi connectivity index (χ1v) is 34.9. The number of amides is 6. The van der Waals surface area contributed by atoms with Crippen LogP contribution in [0.25, 0.3) is 0 Å². The summed E-state index contributed by atoms with van der Waals surface area (Å²) in [5, 5.41) is 76.1. The molecular formula is C71H116F2N12O25. The lowest BCUT2D eigenvalue weighted by Crippen LogP contribution is -2.40. The summed E-state index contributed by atoms with van der Waals surface area (Å²) in [6.07, 6.45) is -1.90. The number of halogens is 2. The Morgan fingerprint density at radius 1 is 0.391 bits per heavy atom. The molecule has 6 atom stereocenters. The summed E-state index contributed by atoms with van der Waals surface area (Å²) >= 11 is 0. The van der Waals surface area contributed by atoms with Crippen LogP contribution in [0.15, 0.2) is 27.1 Å². The van der Waals surface area contributed by atoms with E-state index >= 15 is 0 Å². The molecule has 10 N–H and O–H groups in total. The molecule has 0 spiro atoms. The Morgan fingerprint density at radius 3 is 0.945 bits per heavy atom. The van der Waals surface area contributed by atoms with Gasteiger partial charge in [0.25, 0.3) is 35.4 Å². The number of hydrogen-bond donors (Lipinski definition) is 10. The van der Waals surface area contributed by atoms with Crippen molar-refractivity contribution in [3.8, 4) is 0 Å². The predicted molar refractivity (Wildman–Crippen MR) is 388 cm³/mol. The Morgan fingerprint density at radius 2 is 0.655 bits per heavy atom. The van der Waals surface area contributed by atoms with Crippen LogP contribution in [0.3, 0.4) is 0 Å². The molecule has 0 aromatic carbocycles. The molecule has 6 aromatic heterocycles. The van der Waals surface area contributed by atoms with Crippen molar-refractivity contribution in [1.82, 2.24) is 62.8 Å². The summed E-state index contributed by atoms with van der Waals surface area (Å²) in [4.78, 5) is 71.5. The second-order valence-electron chi connectivity index (χ2n) is 26.3. The summed E-state index contributed by atoms with van der Waals surface area (Å²) in [6.45, 7) is 26.3. The second-order valence-corrected chi connectivity index (χ2v) is 26.3. The van der Waals surface area contributed by atoms with Gasteiger partial charge in [0.05, 0.1) is 76.6 Å². The van der Waals surface area contributed by atoms with E-state index in [1.54, 1.807) is 35.0 Å². The molecular weight excluding hydrogens is 1460 g/mol.